The van der Waals surface area contributed by atoms with Crippen LogP contribution in [0.4, 0.5) is 13.2 Å². The van der Waals surface area contributed by atoms with E-state index in [1.54, 1.807) is 0 Å². The molecule has 1 saturated heterocycles. The van der Waals surface area contributed by atoms with Crippen molar-refractivity contribution < 1.29 is 23.2 Å². The second-order valence-corrected chi connectivity index (χ2v) is 4.27. The highest BCUT2D eigenvalue weighted by molar-refractivity contribution is 6.57. The fourth-order valence-corrected chi connectivity index (χ4v) is 2.16. The zero-order valence-corrected chi connectivity index (χ0v) is 9.43. The predicted octanol–water partition coefficient (Wildman–Crippen LogP) is -0.133. The van der Waals surface area contributed by atoms with E-state index in [1.807, 2.05) is 0 Å². The Kier molecular flexibility index (Phi) is 3.65. The number of allylic oxidation sites excluding steroid dienone is 1. The molecule has 0 amide bonds. The average molecular weight is 263 g/mol. The number of likely N-dealkylation sites (tertiary alicyclic amines) is 1. The summed E-state index contributed by atoms with van der Waals surface area (Å²) in [5.41, 5.74) is 0.119. The maximum absolute atomic E-state index is 12.8. The molecule has 2 aliphatic heterocycles. The molecular weight excluding hydrogens is 250 g/mol. The van der Waals surface area contributed by atoms with Gasteiger partial charge in [0.25, 0.3) is 0 Å². The predicted molar refractivity (Wildman–Crippen MR) is 59.5 cm³/mol. The van der Waals surface area contributed by atoms with Crippen LogP contribution in [0.25, 0.3) is 0 Å². The van der Waals surface area contributed by atoms with Gasteiger partial charge in [0.2, 0.25) is 0 Å². The van der Waals surface area contributed by atoms with E-state index in [4.69, 9.17) is 10.0 Å². The van der Waals surface area contributed by atoms with Gasteiger partial charge in [-0.05, 0) is 12.8 Å². The van der Waals surface area contributed by atoms with E-state index in [0.29, 0.717) is 13.0 Å². The maximum Gasteiger partial charge on any atom is 0.491 e. The summed E-state index contributed by atoms with van der Waals surface area (Å²) in [6.45, 7) is 0.310. The molecule has 0 aliphatic carbocycles. The molecule has 0 spiro atoms. The van der Waals surface area contributed by atoms with E-state index in [-0.39, 0.29) is 11.9 Å². The summed E-state index contributed by atoms with van der Waals surface area (Å²) in [6.07, 6.45) is -2.09. The van der Waals surface area contributed by atoms with Gasteiger partial charge in [-0.15, -0.1) is 0 Å². The highest BCUT2D eigenvalue weighted by Crippen LogP contribution is 2.33. The number of aliphatic imine (C=N–C) groups is 1. The van der Waals surface area contributed by atoms with Gasteiger partial charge in [-0.25, -0.2) is 0 Å². The Labute approximate surface area is 102 Å². The summed E-state index contributed by atoms with van der Waals surface area (Å²) in [5.74, 6) is 0. The Morgan fingerprint density at radius 1 is 1.44 bits per heavy atom. The molecule has 5 nitrogen and oxygen atoms in total. The van der Waals surface area contributed by atoms with Crippen LogP contribution in [0.5, 0.6) is 0 Å². The number of alkyl halides is 3. The Bertz CT molecular complexity index is 373. The van der Waals surface area contributed by atoms with Gasteiger partial charge in [0.1, 0.15) is 6.04 Å². The third kappa shape index (κ3) is 2.68. The van der Waals surface area contributed by atoms with Crippen molar-refractivity contribution in [3.63, 3.8) is 0 Å². The molecule has 0 aromatic rings. The van der Waals surface area contributed by atoms with Gasteiger partial charge in [0, 0.05) is 24.4 Å². The van der Waals surface area contributed by atoms with E-state index >= 15 is 0 Å². The largest absolute Gasteiger partial charge is 0.491 e. The molecule has 100 valence electrons. The van der Waals surface area contributed by atoms with Gasteiger partial charge in [0.15, 0.2) is 6.29 Å². The van der Waals surface area contributed by atoms with Gasteiger partial charge in [0.05, 0.1) is 0 Å². The summed E-state index contributed by atoms with van der Waals surface area (Å²) in [4.78, 5) is 5.11. The number of halogens is 3. The number of nitrogens with zero attached hydrogens (tertiary/aromatic N) is 2. The van der Waals surface area contributed by atoms with Crippen LogP contribution >= 0.6 is 0 Å². The number of hydrogen-bond donors (Lipinski definition) is 3. The third-order valence-electron chi connectivity index (χ3n) is 3.05. The number of hydrogen-bond acceptors (Lipinski definition) is 5. The Hall–Kier alpha value is -1.06. The van der Waals surface area contributed by atoms with Crippen molar-refractivity contribution in [2.45, 2.75) is 31.3 Å². The third-order valence-corrected chi connectivity index (χ3v) is 3.05. The van der Waals surface area contributed by atoms with Crippen LogP contribution in [-0.4, -0.2) is 53.3 Å². The summed E-state index contributed by atoms with van der Waals surface area (Å²) >= 11 is 0. The first-order chi connectivity index (χ1) is 8.39. The minimum Gasteiger partial charge on any atom is -0.423 e. The quantitative estimate of drug-likeness (QED) is 0.607. The molecule has 2 atom stereocenters. The molecule has 0 aromatic carbocycles. The van der Waals surface area contributed by atoms with Gasteiger partial charge >= 0.3 is 13.3 Å². The standard InChI is InChI=1S/C9H13BF3N3O2/c11-9(12,13)7-2-1-3-16(7)8-14-4-6(5-15-8)10(17)18/h4-5,7-8,14,17-18H,1-3H2/t7-,8?/m0/s1. The molecule has 0 saturated carbocycles. The molecule has 1 fully saturated rings. The molecule has 2 heterocycles. The first-order valence-corrected chi connectivity index (χ1v) is 5.57. The molecular formula is C9H13BF3N3O2. The van der Waals surface area contributed by atoms with Gasteiger partial charge in [-0.3, -0.25) is 9.89 Å². The molecule has 3 N–H and O–H groups in total. The zero-order valence-electron chi connectivity index (χ0n) is 9.43. The fraction of sp³-hybridized carbons (Fsp3) is 0.667. The van der Waals surface area contributed by atoms with Crippen LogP contribution in [0.15, 0.2) is 16.7 Å². The second kappa shape index (κ2) is 4.91. The van der Waals surface area contributed by atoms with Gasteiger partial charge < -0.3 is 15.4 Å². The van der Waals surface area contributed by atoms with E-state index in [1.165, 1.54) is 17.3 Å². The number of rotatable bonds is 2. The first kappa shape index (κ1) is 13.4. The van der Waals surface area contributed by atoms with E-state index in [0.717, 1.165) is 0 Å². The Morgan fingerprint density at radius 2 is 2.17 bits per heavy atom. The highest BCUT2D eigenvalue weighted by atomic mass is 19.4. The molecule has 0 aromatic heterocycles. The monoisotopic (exact) mass is 263 g/mol. The van der Waals surface area contributed by atoms with E-state index in [9.17, 15) is 13.2 Å². The summed E-state index contributed by atoms with van der Waals surface area (Å²) < 4.78 is 38.3. The van der Waals surface area contributed by atoms with Crippen LogP contribution in [0.1, 0.15) is 12.8 Å². The maximum atomic E-state index is 12.8. The topological polar surface area (TPSA) is 68.1 Å². The van der Waals surface area contributed by atoms with Crippen molar-refractivity contribution in [1.82, 2.24) is 10.2 Å². The molecule has 0 bridgehead atoms. The van der Waals surface area contributed by atoms with Crippen molar-refractivity contribution >= 4 is 13.3 Å². The molecule has 0 radical (unpaired) electrons. The van der Waals surface area contributed by atoms with Crippen molar-refractivity contribution in [1.29, 1.82) is 0 Å². The summed E-state index contributed by atoms with van der Waals surface area (Å²) in [6, 6.07) is -1.50. The van der Waals surface area contributed by atoms with Crippen LogP contribution in [0.2, 0.25) is 0 Å². The van der Waals surface area contributed by atoms with Crippen LogP contribution < -0.4 is 5.32 Å². The van der Waals surface area contributed by atoms with Gasteiger partial charge in [-0.1, -0.05) is 0 Å². The van der Waals surface area contributed by atoms with Gasteiger partial charge in [-0.2, -0.15) is 13.2 Å². The average Bonchev–Trinajstić information content (AvgIpc) is 2.77. The zero-order chi connectivity index (χ0) is 13.3. The lowest BCUT2D eigenvalue weighted by molar-refractivity contribution is -0.181. The van der Waals surface area contributed by atoms with Crippen molar-refractivity contribution in [2.75, 3.05) is 6.54 Å². The summed E-state index contributed by atoms with van der Waals surface area (Å²) in [5, 5.41) is 20.4. The molecule has 2 rings (SSSR count). The number of nitrogens with one attached hydrogen (secondary N) is 1. The van der Waals surface area contributed by atoms with Crippen LogP contribution in [-0.2, 0) is 0 Å². The molecule has 1 unspecified atom stereocenters. The van der Waals surface area contributed by atoms with Crippen LogP contribution in [0.3, 0.4) is 0 Å². The minimum atomic E-state index is -4.27. The SMILES string of the molecule is OB(O)C1=CNC(N2CCC[C@H]2C(F)(F)F)N=C1. The van der Waals surface area contributed by atoms with Crippen molar-refractivity contribution in [3.8, 4) is 0 Å². The van der Waals surface area contributed by atoms with Crippen LogP contribution in [0, 0.1) is 0 Å². The Morgan fingerprint density at radius 3 is 2.67 bits per heavy atom. The fourth-order valence-electron chi connectivity index (χ4n) is 2.16. The normalized spacial score (nSPS) is 29.1. The lowest BCUT2D eigenvalue weighted by Gasteiger charge is -2.32. The van der Waals surface area contributed by atoms with Crippen molar-refractivity contribution in [2.24, 2.45) is 4.99 Å². The minimum absolute atomic E-state index is 0.0659. The van der Waals surface area contributed by atoms with Crippen molar-refractivity contribution in [3.05, 3.63) is 11.7 Å². The van der Waals surface area contributed by atoms with E-state index in [2.05, 4.69) is 10.3 Å². The van der Waals surface area contributed by atoms with E-state index < -0.39 is 25.6 Å². The lowest BCUT2D eigenvalue weighted by atomic mass is 9.80. The highest BCUT2D eigenvalue weighted by Gasteiger charge is 2.48. The lowest BCUT2D eigenvalue weighted by Crippen LogP contribution is -2.51. The first-order valence-electron chi connectivity index (χ1n) is 5.57. The Balaban J connectivity index is 2.04. The molecule has 2 aliphatic rings. The molecule has 9 heteroatoms. The second-order valence-electron chi connectivity index (χ2n) is 4.27. The molecule has 18 heavy (non-hydrogen) atoms. The summed E-state index contributed by atoms with van der Waals surface area (Å²) in [7, 11) is -1.68. The smallest absolute Gasteiger partial charge is 0.423 e.